The fourth-order valence-electron chi connectivity index (χ4n) is 2.19. The van der Waals surface area contributed by atoms with Crippen LogP contribution in [0.4, 0.5) is 10.1 Å². The molecule has 5 heteroatoms. The van der Waals surface area contributed by atoms with Gasteiger partial charge in [0.1, 0.15) is 11.7 Å². The normalized spacial score (nSPS) is 19.4. The summed E-state index contributed by atoms with van der Waals surface area (Å²) in [5.74, 6) is -1.70. The number of halogens is 1. The van der Waals surface area contributed by atoms with Crippen molar-refractivity contribution < 1.29 is 18.7 Å². The third kappa shape index (κ3) is 3.10. The first-order chi connectivity index (χ1) is 9.11. The maximum absolute atomic E-state index is 13.2. The van der Waals surface area contributed by atoms with Gasteiger partial charge in [-0.05, 0) is 25.1 Å². The number of hydrogen-bond donors (Lipinski definition) is 0. The van der Waals surface area contributed by atoms with Crippen LogP contribution < -0.4 is 4.90 Å². The molecule has 0 N–H and O–H groups in total. The highest BCUT2D eigenvalue weighted by Crippen LogP contribution is 2.22. The first kappa shape index (κ1) is 13.5. The number of Topliss-reactive ketones (excluding diaryl/α,β-unsaturated/α-hetero) is 1. The van der Waals surface area contributed by atoms with Crippen LogP contribution in [0.3, 0.4) is 0 Å². The van der Waals surface area contributed by atoms with Crippen LogP contribution in [0.15, 0.2) is 24.3 Å². The summed E-state index contributed by atoms with van der Waals surface area (Å²) in [5, 5.41) is 0. The Morgan fingerprint density at radius 1 is 1.53 bits per heavy atom. The first-order valence-corrected chi connectivity index (χ1v) is 6.31. The molecule has 1 fully saturated rings. The molecule has 0 aromatic heterocycles. The molecule has 1 aliphatic rings. The van der Waals surface area contributed by atoms with Crippen molar-refractivity contribution in [3.8, 4) is 0 Å². The summed E-state index contributed by atoms with van der Waals surface area (Å²) in [7, 11) is 0. The molecular formula is C14H16FNO3. The van der Waals surface area contributed by atoms with Crippen LogP contribution in [0.2, 0.25) is 0 Å². The Morgan fingerprint density at radius 3 is 3.00 bits per heavy atom. The maximum Gasteiger partial charge on any atom is 0.318 e. The third-order valence-electron chi connectivity index (χ3n) is 3.16. The van der Waals surface area contributed by atoms with E-state index in [0.717, 1.165) is 0 Å². The van der Waals surface area contributed by atoms with Gasteiger partial charge in [0.15, 0.2) is 5.78 Å². The number of nitrogens with zero attached hydrogens (tertiary/aromatic N) is 1. The highest BCUT2D eigenvalue weighted by atomic mass is 19.1. The number of hydrogen-bond acceptors (Lipinski definition) is 4. The molecular weight excluding hydrogens is 249 g/mol. The molecule has 0 spiro atoms. The van der Waals surface area contributed by atoms with Crippen molar-refractivity contribution in [2.75, 3.05) is 24.6 Å². The summed E-state index contributed by atoms with van der Waals surface area (Å²) in [4.78, 5) is 25.3. The highest BCUT2D eigenvalue weighted by molar-refractivity contribution is 6.00. The number of carbonyl (C=O) groups is 2. The molecule has 4 nitrogen and oxygen atoms in total. The van der Waals surface area contributed by atoms with Crippen molar-refractivity contribution in [1.29, 1.82) is 0 Å². The summed E-state index contributed by atoms with van der Waals surface area (Å²) in [5.41, 5.74) is 0.682. The number of ether oxygens (including phenoxy) is 1. The average Bonchev–Trinajstić information content (AvgIpc) is 2.39. The molecule has 0 bridgehead atoms. The van der Waals surface area contributed by atoms with E-state index in [-0.39, 0.29) is 31.2 Å². The summed E-state index contributed by atoms with van der Waals surface area (Å²) in [6.07, 6.45) is 0.278. The van der Waals surface area contributed by atoms with E-state index in [1.807, 2.05) is 4.90 Å². The zero-order valence-electron chi connectivity index (χ0n) is 10.8. The van der Waals surface area contributed by atoms with Gasteiger partial charge in [-0.25, -0.2) is 4.39 Å². The lowest BCUT2D eigenvalue weighted by molar-refractivity contribution is -0.151. The molecule has 1 aromatic carbocycles. The molecule has 1 unspecified atom stereocenters. The molecule has 0 radical (unpaired) electrons. The predicted octanol–water partition coefficient (Wildman–Crippen LogP) is 1.78. The van der Waals surface area contributed by atoms with Crippen LogP contribution in [0, 0.1) is 11.7 Å². The number of rotatable bonds is 3. The molecule has 1 saturated heterocycles. The van der Waals surface area contributed by atoms with Gasteiger partial charge in [-0.2, -0.15) is 0 Å². The summed E-state index contributed by atoms with van der Waals surface area (Å²) in [6.45, 7) is 2.71. The number of carbonyl (C=O) groups excluding carboxylic acids is 2. The smallest absolute Gasteiger partial charge is 0.318 e. The van der Waals surface area contributed by atoms with E-state index in [2.05, 4.69) is 0 Å². The largest absolute Gasteiger partial charge is 0.465 e. The van der Waals surface area contributed by atoms with Crippen molar-refractivity contribution in [3.05, 3.63) is 30.1 Å². The number of anilines is 1. The van der Waals surface area contributed by atoms with Gasteiger partial charge >= 0.3 is 5.97 Å². The zero-order chi connectivity index (χ0) is 13.8. The predicted molar refractivity (Wildman–Crippen MR) is 68.4 cm³/mol. The lowest BCUT2D eigenvalue weighted by atomic mass is 9.96. The highest BCUT2D eigenvalue weighted by Gasteiger charge is 2.34. The minimum Gasteiger partial charge on any atom is -0.465 e. The molecule has 0 amide bonds. The van der Waals surface area contributed by atoms with E-state index >= 15 is 0 Å². The summed E-state index contributed by atoms with van der Waals surface area (Å²) < 4.78 is 18.1. The van der Waals surface area contributed by atoms with E-state index in [1.165, 1.54) is 12.1 Å². The van der Waals surface area contributed by atoms with Gasteiger partial charge in [0, 0.05) is 25.2 Å². The van der Waals surface area contributed by atoms with Gasteiger partial charge in [0.25, 0.3) is 0 Å². The molecule has 1 atom stereocenters. The molecule has 1 aromatic rings. The zero-order valence-corrected chi connectivity index (χ0v) is 10.8. The number of ketones is 1. The van der Waals surface area contributed by atoms with Gasteiger partial charge in [-0.3, -0.25) is 9.59 Å². The van der Waals surface area contributed by atoms with Gasteiger partial charge in [-0.15, -0.1) is 0 Å². The topological polar surface area (TPSA) is 46.6 Å². The Labute approximate surface area is 111 Å². The maximum atomic E-state index is 13.2. The Balaban J connectivity index is 2.13. The fraction of sp³-hybridized carbons (Fsp3) is 0.429. The summed E-state index contributed by atoms with van der Waals surface area (Å²) >= 11 is 0. The lowest BCUT2D eigenvalue weighted by Gasteiger charge is -2.32. The number of benzene rings is 1. The van der Waals surface area contributed by atoms with Crippen molar-refractivity contribution in [2.24, 2.45) is 5.92 Å². The average molecular weight is 265 g/mol. The summed E-state index contributed by atoms with van der Waals surface area (Å²) in [6, 6.07) is 6.14. The van der Waals surface area contributed by atoms with Crippen molar-refractivity contribution in [2.45, 2.75) is 13.3 Å². The first-order valence-electron chi connectivity index (χ1n) is 6.31. The lowest BCUT2D eigenvalue weighted by Crippen LogP contribution is -2.45. The molecule has 19 heavy (non-hydrogen) atoms. The molecule has 1 aliphatic heterocycles. The minimum absolute atomic E-state index is 0.105. The minimum atomic E-state index is -0.767. The second-order valence-electron chi connectivity index (χ2n) is 4.45. The Hall–Kier alpha value is -1.91. The van der Waals surface area contributed by atoms with E-state index in [1.54, 1.807) is 19.1 Å². The van der Waals surface area contributed by atoms with Crippen LogP contribution in [0.5, 0.6) is 0 Å². The van der Waals surface area contributed by atoms with E-state index < -0.39 is 11.9 Å². The fourth-order valence-corrected chi connectivity index (χ4v) is 2.19. The second-order valence-corrected chi connectivity index (χ2v) is 4.45. The quantitative estimate of drug-likeness (QED) is 0.617. The van der Waals surface area contributed by atoms with Crippen LogP contribution in [0.1, 0.15) is 13.3 Å². The van der Waals surface area contributed by atoms with Gasteiger partial charge in [0.05, 0.1) is 6.61 Å². The second kappa shape index (κ2) is 5.82. The van der Waals surface area contributed by atoms with Crippen LogP contribution in [-0.2, 0) is 14.3 Å². The van der Waals surface area contributed by atoms with Gasteiger partial charge < -0.3 is 9.64 Å². The molecule has 2 rings (SSSR count). The molecule has 102 valence electrons. The SMILES string of the molecule is CCOC(=O)C1CN(c2cccc(F)c2)CCC1=O. The van der Waals surface area contributed by atoms with Gasteiger partial charge in [-0.1, -0.05) is 6.07 Å². The van der Waals surface area contributed by atoms with E-state index in [9.17, 15) is 14.0 Å². The third-order valence-corrected chi connectivity index (χ3v) is 3.16. The van der Waals surface area contributed by atoms with Crippen molar-refractivity contribution in [1.82, 2.24) is 0 Å². The number of piperidine rings is 1. The van der Waals surface area contributed by atoms with Crippen LogP contribution in [-0.4, -0.2) is 31.4 Å². The van der Waals surface area contributed by atoms with Crippen LogP contribution in [0.25, 0.3) is 0 Å². The van der Waals surface area contributed by atoms with Crippen molar-refractivity contribution in [3.63, 3.8) is 0 Å². The standard InChI is InChI=1S/C14H16FNO3/c1-2-19-14(18)12-9-16(7-6-13(12)17)11-5-3-4-10(15)8-11/h3-5,8,12H,2,6-7,9H2,1H3. The Morgan fingerprint density at radius 2 is 2.32 bits per heavy atom. The Bertz CT molecular complexity index is 489. The van der Waals surface area contributed by atoms with E-state index in [4.69, 9.17) is 4.74 Å². The Kier molecular flexibility index (Phi) is 4.14. The monoisotopic (exact) mass is 265 g/mol. The van der Waals surface area contributed by atoms with E-state index in [0.29, 0.717) is 12.2 Å². The molecule has 0 saturated carbocycles. The van der Waals surface area contributed by atoms with Gasteiger partial charge in [0.2, 0.25) is 0 Å². The van der Waals surface area contributed by atoms with Crippen LogP contribution >= 0.6 is 0 Å². The molecule has 1 heterocycles. The number of esters is 1. The molecule has 0 aliphatic carbocycles. The van der Waals surface area contributed by atoms with Crippen molar-refractivity contribution >= 4 is 17.4 Å².